The third-order valence-electron chi connectivity index (χ3n) is 12.5. The maximum absolute atomic E-state index is 6.65. The molecule has 3 heterocycles. The van der Waals surface area contributed by atoms with Gasteiger partial charge in [-0.15, -0.1) is 22.7 Å². The fourth-order valence-electron chi connectivity index (χ4n) is 9.69. The lowest BCUT2D eigenvalue weighted by atomic mass is 9.96. The number of fused-ring (bicyclic) bond motifs is 14. The molecule has 0 aliphatic heterocycles. The van der Waals surface area contributed by atoms with Gasteiger partial charge in [-0.2, -0.15) is 0 Å². The number of thiophene rings is 2. The summed E-state index contributed by atoms with van der Waals surface area (Å²) in [5.74, 6) is 0. The second-order valence-corrected chi connectivity index (χ2v) is 18.3. The molecule has 0 unspecified atom stereocenters. The van der Waals surface area contributed by atoms with Crippen molar-refractivity contribution < 1.29 is 4.42 Å². The minimum absolute atomic E-state index is 0.907. The summed E-state index contributed by atoms with van der Waals surface area (Å²) in [5, 5.41) is 12.1. The highest BCUT2D eigenvalue weighted by Crippen LogP contribution is 2.47. The third kappa shape index (κ3) is 5.42. The van der Waals surface area contributed by atoms with Crippen molar-refractivity contribution >= 4 is 141 Å². The van der Waals surface area contributed by atoms with Crippen molar-refractivity contribution in [3.05, 3.63) is 206 Å². The summed E-state index contributed by atoms with van der Waals surface area (Å²) >= 11 is 3.73. The smallest absolute Gasteiger partial charge is 0.143 e. The molecule has 0 spiro atoms. The van der Waals surface area contributed by atoms with Gasteiger partial charge in [-0.1, -0.05) is 103 Å². The van der Waals surface area contributed by atoms with Gasteiger partial charge in [0, 0.05) is 90.6 Å². The van der Waals surface area contributed by atoms with Gasteiger partial charge in [0.15, 0.2) is 0 Å². The van der Waals surface area contributed by atoms with Gasteiger partial charge in [0.2, 0.25) is 0 Å². The van der Waals surface area contributed by atoms with Gasteiger partial charge in [0.05, 0.1) is 0 Å². The molecule has 0 amide bonds. The highest BCUT2D eigenvalue weighted by Gasteiger charge is 2.22. The summed E-state index contributed by atoms with van der Waals surface area (Å²) < 4.78 is 11.9. The molecule has 13 rings (SSSR count). The molecular weight excluding hydrogens is 793 g/mol. The zero-order valence-corrected chi connectivity index (χ0v) is 35.3. The van der Waals surface area contributed by atoms with E-state index in [2.05, 4.69) is 211 Å². The Morgan fingerprint density at radius 2 is 0.871 bits per heavy atom. The normalized spacial score (nSPS) is 12.0. The number of para-hydroxylation sites is 2. The van der Waals surface area contributed by atoms with Gasteiger partial charge in [-0.25, -0.2) is 0 Å². The van der Waals surface area contributed by atoms with E-state index in [1.54, 1.807) is 0 Å². The van der Waals surface area contributed by atoms with Gasteiger partial charge in [-0.05, 0) is 126 Å². The van der Waals surface area contributed by atoms with Crippen LogP contribution in [-0.2, 0) is 0 Å². The van der Waals surface area contributed by atoms with Crippen molar-refractivity contribution in [1.82, 2.24) is 0 Å². The average molecular weight is 829 g/mol. The van der Waals surface area contributed by atoms with E-state index in [1.165, 1.54) is 62.1 Å². The van der Waals surface area contributed by atoms with Crippen LogP contribution in [0.25, 0.3) is 83.8 Å². The van der Waals surface area contributed by atoms with Gasteiger partial charge >= 0.3 is 0 Å². The fourth-order valence-corrected chi connectivity index (χ4v) is 11.9. The van der Waals surface area contributed by atoms with Crippen molar-refractivity contribution in [2.45, 2.75) is 6.92 Å². The maximum atomic E-state index is 6.65. The molecule has 3 nitrogen and oxygen atoms in total. The molecule has 0 aliphatic rings. The van der Waals surface area contributed by atoms with E-state index in [4.69, 9.17) is 4.42 Å². The second-order valence-electron chi connectivity index (χ2n) is 16.1. The number of anilines is 6. The minimum atomic E-state index is 0.907. The third-order valence-corrected chi connectivity index (χ3v) is 15.0. The van der Waals surface area contributed by atoms with Crippen LogP contribution in [0.2, 0.25) is 0 Å². The molecule has 292 valence electrons. The fraction of sp³-hybridized carbons (Fsp3) is 0.0175. The van der Waals surface area contributed by atoms with Gasteiger partial charge < -0.3 is 14.2 Å². The molecule has 3 aromatic heterocycles. The first-order valence-corrected chi connectivity index (χ1v) is 22.6. The first-order chi connectivity index (χ1) is 30.6. The molecule has 0 bridgehead atoms. The highest BCUT2D eigenvalue weighted by atomic mass is 32.1. The van der Waals surface area contributed by atoms with Crippen molar-refractivity contribution in [1.29, 1.82) is 0 Å². The van der Waals surface area contributed by atoms with E-state index in [0.717, 1.165) is 61.4 Å². The van der Waals surface area contributed by atoms with E-state index in [0.29, 0.717) is 0 Å². The molecule has 0 saturated carbocycles. The lowest BCUT2D eigenvalue weighted by Crippen LogP contribution is -2.13. The summed E-state index contributed by atoms with van der Waals surface area (Å²) in [6.07, 6.45) is 0. The Morgan fingerprint density at radius 3 is 1.66 bits per heavy atom. The molecule has 62 heavy (non-hydrogen) atoms. The van der Waals surface area contributed by atoms with Crippen LogP contribution in [0.5, 0.6) is 0 Å². The van der Waals surface area contributed by atoms with E-state index < -0.39 is 0 Å². The number of furan rings is 1. The predicted octanol–water partition coefficient (Wildman–Crippen LogP) is 17.9. The number of hydrogen-bond acceptors (Lipinski definition) is 5. The maximum Gasteiger partial charge on any atom is 0.143 e. The first kappa shape index (κ1) is 35.3. The molecule has 13 aromatic rings. The van der Waals surface area contributed by atoms with Crippen LogP contribution < -0.4 is 9.80 Å². The molecule has 0 N–H and O–H groups in total. The molecule has 0 atom stereocenters. The van der Waals surface area contributed by atoms with Crippen LogP contribution in [0.1, 0.15) is 5.56 Å². The minimum Gasteiger partial charge on any atom is -0.455 e. The molecule has 0 aliphatic carbocycles. The van der Waals surface area contributed by atoms with E-state index in [9.17, 15) is 0 Å². The van der Waals surface area contributed by atoms with Crippen molar-refractivity contribution in [2.24, 2.45) is 0 Å². The average Bonchev–Trinajstić information content (AvgIpc) is 4.02. The van der Waals surface area contributed by atoms with Gasteiger partial charge in [0.25, 0.3) is 0 Å². The van der Waals surface area contributed by atoms with Crippen LogP contribution >= 0.6 is 22.7 Å². The Bertz CT molecular complexity index is 3910. The van der Waals surface area contributed by atoms with Crippen molar-refractivity contribution in [3.63, 3.8) is 0 Å². The van der Waals surface area contributed by atoms with Crippen molar-refractivity contribution in [3.8, 4) is 0 Å². The monoisotopic (exact) mass is 828 g/mol. The number of benzene rings is 10. The molecule has 0 saturated heterocycles. The lowest BCUT2D eigenvalue weighted by molar-refractivity contribution is 0.673. The van der Waals surface area contributed by atoms with Gasteiger partial charge in [-0.3, -0.25) is 0 Å². The van der Waals surface area contributed by atoms with E-state index in [-0.39, 0.29) is 0 Å². The standard InChI is InChI=1S/C57H36N2OS2/c1-35-13-11-22-46-50-34-41(27-30-54(50)62-57(35)46)59(40-26-29-53-49(33-40)43-19-8-10-24-52(43)61-53)38-17-12-16-37(31-38)58(36-14-3-2-4-15-36)39-25-28-45-48(32-39)42-18-5-6-20-44(42)55-47-21-7-9-23-51(47)60-56(45)55/h2-34H,1H3. The topological polar surface area (TPSA) is 19.6 Å². The number of hydrogen-bond donors (Lipinski definition) is 0. The molecule has 10 aromatic carbocycles. The van der Waals surface area contributed by atoms with Crippen LogP contribution in [0, 0.1) is 6.92 Å². The number of nitrogens with zero attached hydrogens (tertiary/aromatic N) is 2. The number of aryl methyl sites for hydroxylation is 1. The SMILES string of the molecule is Cc1cccc2c1sc1ccc(N(c3cccc(N(c4ccccc4)c4ccc5c(c4)c4ccccc4c4c6ccccc6oc54)c3)c3ccc4sc5ccccc5c4c3)cc12. The predicted molar refractivity (Wildman–Crippen MR) is 269 cm³/mol. The Hall–Kier alpha value is -7.44. The quantitative estimate of drug-likeness (QED) is 0.156. The Balaban J connectivity index is 1.03. The summed E-state index contributed by atoms with van der Waals surface area (Å²) in [5.41, 5.74) is 9.67. The highest BCUT2D eigenvalue weighted by molar-refractivity contribution is 7.26. The molecule has 0 fully saturated rings. The zero-order valence-electron chi connectivity index (χ0n) is 33.7. The number of rotatable bonds is 6. The Morgan fingerprint density at radius 1 is 0.339 bits per heavy atom. The summed E-state index contributed by atoms with van der Waals surface area (Å²) in [6.45, 7) is 2.22. The molecule has 0 radical (unpaired) electrons. The van der Waals surface area contributed by atoms with Crippen LogP contribution in [-0.4, -0.2) is 0 Å². The summed E-state index contributed by atoms with van der Waals surface area (Å²) in [4.78, 5) is 4.82. The zero-order chi connectivity index (χ0) is 40.9. The van der Waals surface area contributed by atoms with Gasteiger partial charge in [0.1, 0.15) is 11.2 Å². The molecular formula is C57H36N2OS2. The van der Waals surface area contributed by atoms with E-state index in [1.807, 2.05) is 28.7 Å². The van der Waals surface area contributed by atoms with Crippen LogP contribution in [0.15, 0.2) is 205 Å². The Labute approximate surface area is 365 Å². The first-order valence-electron chi connectivity index (χ1n) is 21.0. The van der Waals surface area contributed by atoms with Crippen LogP contribution in [0.3, 0.4) is 0 Å². The summed E-state index contributed by atoms with van der Waals surface area (Å²) in [6, 6.07) is 73.1. The Kier molecular flexibility index (Phi) is 7.86. The second kappa shape index (κ2) is 13.8. The largest absolute Gasteiger partial charge is 0.455 e. The van der Waals surface area contributed by atoms with Crippen LogP contribution in [0.4, 0.5) is 34.1 Å². The van der Waals surface area contributed by atoms with E-state index >= 15 is 0 Å². The molecule has 5 heteroatoms. The lowest BCUT2D eigenvalue weighted by Gasteiger charge is -2.29. The summed E-state index contributed by atoms with van der Waals surface area (Å²) in [7, 11) is 0. The van der Waals surface area contributed by atoms with Crippen molar-refractivity contribution in [2.75, 3.05) is 9.80 Å².